The van der Waals surface area contributed by atoms with Crippen molar-refractivity contribution in [3.05, 3.63) is 129 Å². The molecule has 4 rings (SSSR count). The molecule has 0 fully saturated rings. The molecule has 0 atom stereocenters. The van der Waals surface area contributed by atoms with Gasteiger partial charge in [0.25, 0.3) is 0 Å². The molecular weight excluding hydrogens is 524 g/mol. The van der Waals surface area contributed by atoms with Gasteiger partial charge in [0.15, 0.2) is 0 Å². The third-order valence-electron chi connectivity index (χ3n) is 4.68. The minimum atomic E-state index is 1.00. The van der Waals surface area contributed by atoms with Crippen molar-refractivity contribution in [1.82, 2.24) is 9.97 Å². The normalized spacial score (nSPS) is 11.5. The number of rotatable bonds is 4. The van der Waals surface area contributed by atoms with Gasteiger partial charge in [-0.3, -0.25) is 9.97 Å². The number of aromatic nitrogens is 2. The van der Waals surface area contributed by atoms with Crippen molar-refractivity contribution in [2.45, 2.75) is 13.8 Å². The molecule has 0 N–H and O–H groups in total. The number of hydrogen-bond donors (Lipinski definition) is 0. The molecule has 0 aliphatic heterocycles. The smallest absolute Gasteiger partial charge is 0.0410 e. The minimum absolute atomic E-state index is 1.00. The van der Waals surface area contributed by atoms with Crippen molar-refractivity contribution in [2.75, 3.05) is 0 Å². The van der Waals surface area contributed by atoms with Crippen LogP contribution in [0, 0.1) is 0 Å². The number of pyridine rings is 2. The van der Waals surface area contributed by atoms with Crippen LogP contribution in [-0.2, 0) is 0 Å². The SMILES string of the molecule is C/C(=C/c1cncc(Br)c1)c1ccccc1.C/C(=C\c1cncc(Br)c1)c1ccccc1. The lowest BCUT2D eigenvalue weighted by molar-refractivity contribution is 1.30. The first kappa shape index (κ1) is 23.8. The molecule has 0 saturated heterocycles. The van der Waals surface area contributed by atoms with Crippen LogP contribution in [0.25, 0.3) is 23.3 Å². The molecule has 0 saturated carbocycles. The number of nitrogens with zero attached hydrogens (tertiary/aromatic N) is 2. The molecule has 0 spiro atoms. The fourth-order valence-electron chi connectivity index (χ4n) is 3.08. The third-order valence-corrected chi connectivity index (χ3v) is 5.54. The highest BCUT2D eigenvalue weighted by molar-refractivity contribution is 9.10. The molecule has 0 unspecified atom stereocenters. The zero-order valence-electron chi connectivity index (χ0n) is 18.0. The Hall–Kier alpha value is -2.82. The molecule has 2 aromatic carbocycles. The fourth-order valence-corrected chi connectivity index (χ4v) is 3.85. The van der Waals surface area contributed by atoms with E-state index in [0.717, 1.165) is 20.1 Å². The Balaban J connectivity index is 0.000000181. The summed E-state index contributed by atoms with van der Waals surface area (Å²) in [6.07, 6.45) is 11.6. The van der Waals surface area contributed by atoms with Crippen LogP contribution in [0.5, 0.6) is 0 Å². The van der Waals surface area contributed by atoms with Crippen LogP contribution in [-0.4, -0.2) is 9.97 Å². The van der Waals surface area contributed by atoms with E-state index < -0.39 is 0 Å². The summed E-state index contributed by atoms with van der Waals surface area (Å²) in [5.74, 6) is 0. The molecular formula is C28H24Br2N2. The van der Waals surface area contributed by atoms with E-state index in [1.165, 1.54) is 22.3 Å². The predicted molar refractivity (Wildman–Crippen MR) is 144 cm³/mol. The quantitative estimate of drug-likeness (QED) is 0.255. The van der Waals surface area contributed by atoms with Gasteiger partial charge in [-0.2, -0.15) is 0 Å². The van der Waals surface area contributed by atoms with Crippen LogP contribution in [0.4, 0.5) is 0 Å². The molecule has 2 aromatic heterocycles. The number of hydrogen-bond acceptors (Lipinski definition) is 2. The van der Waals surface area contributed by atoms with Gasteiger partial charge < -0.3 is 0 Å². The van der Waals surface area contributed by atoms with E-state index in [9.17, 15) is 0 Å². The van der Waals surface area contributed by atoms with Crippen molar-refractivity contribution in [3.8, 4) is 0 Å². The molecule has 160 valence electrons. The Morgan fingerprint density at radius 3 is 1.31 bits per heavy atom. The maximum absolute atomic E-state index is 4.14. The largest absolute Gasteiger partial charge is 0.263 e. The fraction of sp³-hybridized carbons (Fsp3) is 0.0714. The topological polar surface area (TPSA) is 25.8 Å². The van der Waals surface area contributed by atoms with Crippen molar-refractivity contribution >= 4 is 55.2 Å². The monoisotopic (exact) mass is 546 g/mol. The molecule has 0 amide bonds. The van der Waals surface area contributed by atoms with E-state index in [4.69, 9.17) is 0 Å². The van der Waals surface area contributed by atoms with Gasteiger partial charge in [-0.05, 0) is 103 Å². The lowest BCUT2D eigenvalue weighted by Crippen LogP contribution is -1.80. The Morgan fingerprint density at radius 1 is 0.594 bits per heavy atom. The highest BCUT2D eigenvalue weighted by atomic mass is 79.9. The van der Waals surface area contributed by atoms with E-state index in [-0.39, 0.29) is 0 Å². The van der Waals surface area contributed by atoms with Crippen molar-refractivity contribution in [1.29, 1.82) is 0 Å². The summed E-state index contributed by atoms with van der Waals surface area (Å²) in [7, 11) is 0. The Bertz CT molecular complexity index is 1100. The van der Waals surface area contributed by atoms with Crippen molar-refractivity contribution in [3.63, 3.8) is 0 Å². The van der Waals surface area contributed by atoms with E-state index in [0.29, 0.717) is 0 Å². The molecule has 0 aliphatic carbocycles. The molecule has 4 aromatic rings. The zero-order chi connectivity index (χ0) is 22.8. The third kappa shape index (κ3) is 7.70. The van der Waals surface area contributed by atoms with Gasteiger partial charge in [0.2, 0.25) is 0 Å². The van der Waals surface area contributed by atoms with Crippen LogP contribution < -0.4 is 0 Å². The van der Waals surface area contributed by atoms with Gasteiger partial charge >= 0.3 is 0 Å². The van der Waals surface area contributed by atoms with Gasteiger partial charge in [-0.15, -0.1) is 0 Å². The van der Waals surface area contributed by atoms with Gasteiger partial charge in [0.1, 0.15) is 0 Å². The lowest BCUT2D eigenvalue weighted by atomic mass is 10.1. The summed E-state index contributed by atoms with van der Waals surface area (Å²) in [6.45, 7) is 4.21. The number of halogens is 2. The van der Waals surface area contributed by atoms with Crippen molar-refractivity contribution in [2.24, 2.45) is 0 Å². The average Bonchev–Trinajstić information content (AvgIpc) is 2.81. The first-order valence-electron chi connectivity index (χ1n) is 10.2. The first-order valence-corrected chi connectivity index (χ1v) is 11.8. The Kier molecular flexibility index (Phi) is 9.14. The Morgan fingerprint density at radius 2 is 0.969 bits per heavy atom. The van der Waals surface area contributed by atoms with Crippen LogP contribution in [0.1, 0.15) is 36.1 Å². The summed E-state index contributed by atoms with van der Waals surface area (Å²) in [4.78, 5) is 8.28. The molecule has 4 heteroatoms. The second-order valence-electron chi connectivity index (χ2n) is 7.26. The molecule has 0 bridgehead atoms. The lowest BCUT2D eigenvalue weighted by Gasteiger charge is -2.01. The van der Waals surface area contributed by atoms with E-state index in [1.807, 2.05) is 48.8 Å². The van der Waals surface area contributed by atoms with Gasteiger partial charge in [0.05, 0.1) is 0 Å². The van der Waals surface area contributed by atoms with Crippen molar-refractivity contribution < 1.29 is 0 Å². The maximum Gasteiger partial charge on any atom is 0.0410 e. The summed E-state index contributed by atoms with van der Waals surface area (Å²) in [6, 6.07) is 24.8. The standard InChI is InChI=1S/2C14H12BrN/c2*1-11(13-5-3-2-4-6-13)7-12-8-14(15)10-16-9-12/h2*2-10H,1H3/b11-7+;11-7-. The summed E-state index contributed by atoms with van der Waals surface area (Å²) < 4.78 is 2.00. The maximum atomic E-state index is 4.14. The second-order valence-corrected chi connectivity index (χ2v) is 9.09. The van der Waals surface area contributed by atoms with Gasteiger partial charge in [0, 0.05) is 33.7 Å². The molecule has 0 radical (unpaired) electrons. The number of benzene rings is 2. The van der Waals surface area contributed by atoms with Gasteiger partial charge in [-0.1, -0.05) is 60.7 Å². The number of allylic oxidation sites excluding steroid dienone is 2. The van der Waals surface area contributed by atoms with Crippen LogP contribution in [0.2, 0.25) is 0 Å². The van der Waals surface area contributed by atoms with Crippen LogP contribution in [0.15, 0.2) is 107 Å². The van der Waals surface area contributed by atoms with E-state index in [1.54, 1.807) is 12.4 Å². The molecule has 32 heavy (non-hydrogen) atoms. The van der Waals surface area contributed by atoms with E-state index >= 15 is 0 Å². The first-order chi connectivity index (χ1) is 15.5. The summed E-state index contributed by atoms with van der Waals surface area (Å²) in [5, 5.41) is 0. The minimum Gasteiger partial charge on any atom is -0.263 e. The van der Waals surface area contributed by atoms with Crippen LogP contribution >= 0.6 is 31.9 Å². The average molecular weight is 548 g/mol. The van der Waals surface area contributed by atoms with Gasteiger partial charge in [-0.25, -0.2) is 0 Å². The zero-order valence-corrected chi connectivity index (χ0v) is 21.2. The molecule has 2 heterocycles. The Labute approximate surface area is 207 Å². The van der Waals surface area contributed by atoms with Crippen LogP contribution in [0.3, 0.4) is 0 Å². The summed E-state index contributed by atoms with van der Waals surface area (Å²) in [5.41, 5.74) is 7.16. The molecule has 0 aliphatic rings. The highest BCUT2D eigenvalue weighted by Crippen LogP contribution is 2.19. The molecule has 2 nitrogen and oxygen atoms in total. The predicted octanol–water partition coefficient (Wildman–Crippen LogP) is 8.81. The highest BCUT2D eigenvalue weighted by Gasteiger charge is 1.97. The second kappa shape index (κ2) is 12.3. The summed E-state index contributed by atoms with van der Waals surface area (Å²) >= 11 is 6.83. The van der Waals surface area contributed by atoms with E-state index in [2.05, 4.69) is 104 Å².